The van der Waals surface area contributed by atoms with E-state index in [0.717, 1.165) is 22.2 Å². The predicted octanol–water partition coefficient (Wildman–Crippen LogP) is 4.11. The van der Waals surface area contributed by atoms with E-state index in [1.54, 1.807) is 11.1 Å². The molecule has 2 aromatic carbocycles. The topological polar surface area (TPSA) is 58.2 Å². The zero-order valence-corrected chi connectivity index (χ0v) is 15.2. The zero-order valence-electron chi connectivity index (χ0n) is 15.2. The Hall–Kier alpha value is -2.82. The van der Waals surface area contributed by atoms with Crippen LogP contribution in [-0.2, 0) is 6.54 Å². The Morgan fingerprint density at radius 3 is 2.88 bits per heavy atom. The molecule has 5 nitrogen and oxygen atoms in total. The zero-order chi connectivity index (χ0) is 18.1. The Balaban J connectivity index is 1.53. The molecule has 1 N–H and O–H groups in total. The molecule has 0 radical (unpaired) electrons. The molecule has 1 heterocycles. The van der Waals surface area contributed by atoms with E-state index >= 15 is 0 Å². The van der Waals surface area contributed by atoms with Crippen molar-refractivity contribution in [2.24, 2.45) is 0 Å². The first-order chi connectivity index (χ1) is 12.7. The highest BCUT2D eigenvalue weighted by molar-refractivity contribution is 5.94. The molecule has 1 saturated carbocycles. The van der Waals surface area contributed by atoms with E-state index in [2.05, 4.69) is 22.3 Å². The van der Waals surface area contributed by atoms with Crippen molar-refractivity contribution >= 4 is 16.8 Å². The summed E-state index contributed by atoms with van der Waals surface area (Å²) in [6.07, 6.45) is 4.22. The molecule has 5 heteroatoms. The van der Waals surface area contributed by atoms with Crippen molar-refractivity contribution in [3.05, 3.63) is 59.3 Å². The number of fused-ring (bicyclic) bond motifs is 1. The maximum atomic E-state index is 12.9. The number of nitrogens with one attached hydrogen (secondary N) is 1. The number of amides is 1. The highest BCUT2D eigenvalue weighted by Crippen LogP contribution is 2.44. The van der Waals surface area contributed by atoms with E-state index in [-0.39, 0.29) is 5.91 Å². The number of aromatic amines is 1. The SMILES string of the molecule is CCOc1cc(C(=O)N(C)Cc2ccc3[nH]ncc3c2)ccc1C1CC1. The Kier molecular flexibility index (Phi) is 4.37. The maximum Gasteiger partial charge on any atom is 0.254 e. The first-order valence-electron chi connectivity index (χ1n) is 9.10. The van der Waals surface area contributed by atoms with Crippen LogP contribution in [0.4, 0.5) is 0 Å². The number of benzene rings is 2. The van der Waals surface area contributed by atoms with Gasteiger partial charge in [-0.1, -0.05) is 12.1 Å². The van der Waals surface area contributed by atoms with Crippen molar-refractivity contribution < 1.29 is 9.53 Å². The summed E-state index contributed by atoms with van der Waals surface area (Å²) in [6, 6.07) is 12.0. The van der Waals surface area contributed by atoms with Crippen molar-refractivity contribution in [3.8, 4) is 5.75 Å². The van der Waals surface area contributed by atoms with E-state index in [4.69, 9.17) is 4.74 Å². The Morgan fingerprint density at radius 1 is 1.27 bits per heavy atom. The number of hydrogen-bond donors (Lipinski definition) is 1. The largest absolute Gasteiger partial charge is 0.494 e. The van der Waals surface area contributed by atoms with Gasteiger partial charge < -0.3 is 9.64 Å². The lowest BCUT2D eigenvalue weighted by molar-refractivity contribution is 0.0784. The molecule has 26 heavy (non-hydrogen) atoms. The standard InChI is InChI=1S/C21H23N3O2/c1-3-26-20-11-16(7-8-18(20)15-5-6-15)21(25)24(2)13-14-4-9-19-17(10-14)12-22-23-19/h4,7-12,15H,3,5-6,13H2,1-2H3,(H,22,23). The van der Waals surface area contributed by atoms with Gasteiger partial charge in [0.15, 0.2) is 0 Å². The van der Waals surface area contributed by atoms with Crippen molar-refractivity contribution in [1.29, 1.82) is 0 Å². The van der Waals surface area contributed by atoms with Gasteiger partial charge >= 0.3 is 0 Å². The maximum absolute atomic E-state index is 12.9. The van der Waals surface area contributed by atoms with Crippen LogP contribution in [0.3, 0.4) is 0 Å². The molecule has 0 spiro atoms. The minimum Gasteiger partial charge on any atom is -0.494 e. The number of carbonyl (C=O) groups is 1. The highest BCUT2D eigenvalue weighted by Gasteiger charge is 2.27. The molecule has 0 saturated heterocycles. The van der Waals surface area contributed by atoms with E-state index in [0.29, 0.717) is 24.6 Å². The normalized spacial score (nSPS) is 13.8. The lowest BCUT2D eigenvalue weighted by atomic mass is 10.1. The lowest BCUT2D eigenvalue weighted by Gasteiger charge is -2.19. The lowest BCUT2D eigenvalue weighted by Crippen LogP contribution is -2.26. The van der Waals surface area contributed by atoms with E-state index < -0.39 is 0 Å². The second kappa shape index (κ2) is 6.83. The minimum absolute atomic E-state index is 0.000547. The van der Waals surface area contributed by atoms with Gasteiger partial charge in [0.1, 0.15) is 5.75 Å². The fourth-order valence-corrected chi connectivity index (χ4v) is 3.34. The molecular formula is C21H23N3O2. The molecule has 3 aromatic rings. The molecule has 1 aliphatic carbocycles. The summed E-state index contributed by atoms with van der Waals surface area (Å²) >= 11 is 0. The van der Waals surface area contributed by atoms with E-state index in [1.807, 2.05) is 38.2 Å². The Labute approximate surface area is 153 Å². The number of rotatable bonds is 6. The summed E-state index contributed by atoms with van der Waals surface area (Å²) in [7, 11) is 1.83. The Morgan fingerprint density at radius 2 is 2.12 bits per heavy atom. The number of aromatic nitrogens is 2. The number of carbonyl (C=O) groups excluding carboxylic acids is 1. The van der Waals surface area contributed by atoms with Gasteiger partial charge in [0.2, 0.25) is 0 Å². The highest BCUT2D eigenvalue weighted by atomic mass is 16.5. The van der Waals surface area contributed by atoms with Crippen LogP contribution in [0.2, 0.25) is 0 Å². The van der Waals surface area contributed by atoms with Crippen molar-refractivity contribution in [3.63, 3.8) is 0 Å². The van der Waals surface area contributed by atoms with Crippen LogP contribution in [0.5, 0.6) is 5.75 Å². The molecule has 4 rings (SSSR count). The molecule has 134 valence electrons. The van der Waals surface area contributed by atoms with Gasteiger partial charge in [-0.25, -0.2) is 0 Å². The van der Waals surface area contributed by atoms with Crippen LogP contribution in [0, 0.1) is 0 Å². The minimum atomic E-state index is 0.000547. The summed E-state index contributed by atoms with van der Waals surface area (Å²) in [4.78, 5) is 14.6. The van der Waals surface area contributed by atoms with Gasteiger partial charge in [0.05, 0.1) is 18.3 Å². The van der Waals surface area contributed by atoms with Gasteiger partial charge in [-0.2, -0.15) is 5.10 Å². The summed E-state index contributed by atoms with van der Waals surface area (Å²) in [6.45, 7) is 3.13. The molecule has 1 aliphatic rings. The number of nitrogens with zero attached hydrogens (tertiary/aromatic N) is 2. The summed E-state index contributed by atoms with van der Waals surface area (Å²) < 4.78 is 5.79. The molecule has 0 atom stereocenters. The van der Waals surface area contributed by atoms with Crippen LogP contribution in [0.15, 0.2) is 42.6 Å². The number of H-pyrrole nitrogens is 1. The smallest absolute Gasteiger partial charge is 0.254 e. The summed E-state index contributed by atoms with van der Waals surface area (Å²) in [5.74, 6) is 1.45. The quantitative estimate of drug-likeness (QED) is 0.728. The van der Waals surface area contributed by atoms with Crippen LogP contribution in [-0.4, -0.2) is 34.7 Å². The van der Waals surface area contributed by atoms with Crippen LogP contribution >= 0.6 is 0 Å². The molecule has 0 unspecified atom stereocenters. The van der Waals surface area contributed by atoms with Crippen LogP contribution in [0.25, 0.3) is 10.9 Å². The molecule has 1 amide bonds. The van der Waals surface area contributed by atoms with Gasteiger partial charge in [-0.05, 0) is 61.1 Å². The Bertz CT molecular complexity index is 943. The first kappa shape index (κ1) is 16.6. The van der Waals surface area contributed by atoms with Gasteiger partial charge in [0.25, 0.3) is 5.91 Å². The molecule has 1 fully saturated rings. The van der Waals surface area contributed by atoms with Crippen molar-refractivity contribution in [2.75, 3.05) is 13.7 Å². The molecule has 0 bridgehead atoms. The number of hydrogen-bond acceptors (Lipinski definition) is 3. The third-order valence-corrected chi connectivity index (χ3v) is 4.85. The van der Waals surface area contributed by atoms with E-state index in [9.17, 15) is 4.79 Å². The summed E-state index contributed by atoms with van der Waals surface area (Å²) in [5.41, 5.74) is 3.98. The van der Waals surface area contributed by atoms with Crippen molar-refractivity contribution in [1.82, 2.24) is 15.1 Å². The van der Waals surface area contributed by atoms with Gasteiger partial charge in [0, 0.05) is 24.5 Å². The third kappa shape index (κ3) is 3.29. The second-order valence-corrected chi connectivity index (χ2v) is 6.91. The van der Waals surface area contributed by atoms with Crippen LogP contribution in [0.1, 0.15) is 47.2 Å². The average Bonchev–Trinajstić information content (AvgIpc) is 3.38. The summed E-state index contributed by atoms with van der Waals surface area (Å²) in [5, 5.41) is 8.03. The molecule has 1 aromatic heterocycles. The van der Waals surface area contributed by atoms with Crippen LogP contribution < -0.4 is 4.74 Å². The van der Waals surface area contributed by atoms with E-state index in [1.165, 1.54) is 18.4 Å². The molecule has 0 aliphatic heterocycles. The van der Waals surface area contributed by atoms with Crippen molar-refractivity contribution in [2.45, 2.75) is 32.2 Å². The first-order valence-corrected chi connectivity index (χ1v) is 9.10. The molecular weight excluding hydrogens is 326 g/mol. The van der Waals surface area contributed by atoms with Gasteiger partial charge in [-0.3, -0.25) is 9.89 Å². The third-order valence-electron chi connectivity index (χ3n) is 4.85. The average molecular weight is 349 g/mol. The second-order valence-electron chi connectivity index (χ2n) is 6.91. The predicted molar refractivity (Wildman–Crippen MR) is 101 cm³/mol. The number of ether oxygens (including phenoxy) is 1. The van der Waals surface area contributed by atoms with Gasteiger partial charge in [-0.15, -0.1) is 0 Å². The fourth-order valence-electron chi connectivity index (χ4n) is 3.34. The monoisotopic (exact) mass is 349 g/mol. The fraction of sp³-hybridized carbons (Fsp3) is 0.333.